The van der Waals surface area contributed by atoms with Crippen molar-refractivity contribution in [1.29, 1.82) is 0 Å². The smallest absolute Gasteiger partial charge is 0.319 e. The molecule has 142 valence electrons. The number of nitrogens with zero attached hydrogens (tertiary/aromatic N) is 2. The van der Waals surface area contributed by atoms with Crippen LogP contribution in [0.25, 0.3) is 0 Å². The van der Waals surface area contributed by atoms with E-state index in [1.54, 1.807) is 36.6 Å². The molecule has 2 heterocycles. The van der Waals surface area contributed by atoms with Crippen LogP contribution in [0.5, 0.6) is 5.75 Å². The molecule has 2 N–H and O–H groups in total. The molecule has 6 nitrogen and oxygen atoms in total. The van der Waals surface area contributed by atoms with Gasteiger partial charge in [0.1, 0.15) is 11.8 Å². The van der Waals surface area contributed by atoms with E-state index in [0.717, 1.165) is 16.3 Å². The molecule has 2 amide bonds. The molecule has 0 spiro atoms. The molecule has 27 heavy (non-hydrogen) atoms. The van der Waals surface area contributed by atoms with Gasteiger partial charge in [0, 0.05) is 22.1 Å². The van der Waals surface area contributed by atoms with E-state index in [2.05, 4.69) is 15.7 Å². The number of ether oxygens (including phenoxy) is 1. The Bertz CT molecular complexity index is 924. The number of aromatic nitrogens is 2. The van der Waals surface area contributed by atoms with Crippen LogP contribution in [0.3, 0.4) is 0 Å². The monoisotopic (exact) mass is 404 g/mol. The highest BCUT2D eigenvalue weighted by Crippen LogP contribution is 2.28. The highest BCUT2D eigenvalue weighted by Gasteiger charge is 2.19. The molecular formula is C19H21ClN4O2S. The third-order valence-corrected chi connectivity index (χ3v) is 5.29. The highest BCUT2D eigenvalue weighted by atomic mass is 35.5. The number of carbonyl (C=O) groups is 1. The fraction of sp³-hybridized carbons (Fsp3) is 0.263. The maximum atomic E-state index is 12.4. The summed E-state index contributed by atoms with van der Waals surface area (Å²) in [6.45, 7) is 4.37. The zero-order valence-corrected chi connectivity index (χ0v) is 16.9. The molecule has 0 aliphatic carbocycles. The van der Waals surface area contributed by atoms with Gasteiger partial charge in [0.25, 0.3) is 0 Å². The van der Waals surface area contributed by atoms with Gasteiger partial charge in [-0.1, -0.05) is 17.7 Å². The first-order valence-electron chi connectivity index (χ1n) is 8.42. The average Bonchev–Trinajstić information content (AvgIpc) is 3.26. The lowest BCUT2D eigenvalue weighted by Gasteiger charge is -2.19. The lowest BCUT2D eigenvalue weighted by atomic mass is 10.2. The van der Waals surface area contributed by atoms with Gasteiger partial charge in [0.05, 0.1) is 18.5 Å². The predicted octanol–water partition coefficient (Wildman–Crippen LogP) is 4.63. The van der Waals surface area contributed by atoms with Crippen LogP contribution >= 0.6 is 22.9 Å². The maximum absolute atomic E-state index is 12.4. The SMILES string of the molecule is COc1ccc(Cl)cc1NC(=O)NCC(c1cccs1)n1nc(C)cc1C. The molecule has 1 unspecified atom stereocenters. The molecule has 8 heteroatoms. The van der Waals surface area contributed by atoms with E-state index >= 15 is 0 Å². The van der Waals surface area contributed by atoms with Crippen molar-refractivity contribution in [3.63, 3.8) is 0 Å². The second kappa shape index (κ2) is 8.45. The van der Waals surface area contributed by atoms with Gasteiger partial charge >= 0.3 is 6.03 Å². The van der Waals surface area contributed by atoms with Crippen LogP contribution < -0.4 is 15.4 Å². The standard InChI is InChI=1S/C19H21ClN4O2S/c1-12-9-13(2)24(23-12)16(18-5-4-8-27-18)11-21-19(25)22-15-10-14(20)6-7-17(15)26-3/h4-10,16H,11H2,1-3H3,(H2,21,22,25). The number of benzene rings is 1. The summed E-state index contributed by atoms with van der Waals surface area (Å²) in [5.74, 6) is 0.544. The molecule has 1 aromatic carbocycles. The van der Waals surface area contributed by atoms with Crippen LogP contribution in [-0.2, 0) is 0 Å². The zero-order chi connectivity index (χ0) is 19.4. The molecule has 1 atom stereocenters. The summed E-state index contributed by atoms with van der Waals surface area (Å²) < 4.78 is 7.21. The van der Waals surface area contributed by atoms with Gasteiger partial charge in [0.2, 0.25) is 0 Å². The number of rotatable bonds is 6. The number of halogens is 1. The Morgan fingerprint density at radius 1 is 1.33 bits per heavy atom. The summed E-state index contributed by atoms with van der Waals surface area (Å²) in [5, 5.41) is 12.8. The molecule has 0 bridgehead atoms. The highest BCUT2D eigenvalue weighted by molar-refractivity contribution is 7.10. The van der Waals surface area contributed by atoms with Gasteiger partial charge < -0.3 is 15.4 Å². The molecule has 0 aliphatic heterocycles. The summed E-state index contributed by atoms with van der Waals surface area (Å²) >= 11 is 7.65. The van der Waals surface area contributed by atoms with Gasteiger partial charge in [0.15, 0.2) is 0 Å². The number of urea groups is 1. The van der Waals surface area contributed by atoms with Crippen LogP contribution in [0, 0.1) is 13.8 Å². The van der Waals surface area contributed by atoms with Crippen molar-refractivity contribution in [2.24, 2.45) is 0 Å². The third kappa shape index (κ3) is 4.61. The number of amides is 2. The first-order valence-corrected chi connectivity index (χ1v) is 9.68. The fourth-order valence-electron chi connectivity index (χ4n) is 2.88. The first kappa shape index (κ1) is 19.3. The van der Waals surface area contributed by atoms with Crippen LogP contribution in [0.4, 0.5) is 10.5 Å². The number of hydrogen-bond acceptors (Lipinski definition) is 4. The number of methoxy groups -OCH3 is 1. The summed E-state index contributed by atoms with van der Waals surface area (Å²) in [7, 11) is 1.54. The van der Waals surface area contributed by atoms with Crippen molar-refractivity contribution >= 4 is 34.7 Å². The van der Waals surface area contributed by atoms with Crippen molar-refractivity contribution < 1.29 is 9.53 Å². The second-order valence-corrected chi connectivity index (χ2v) is 7.50. The summed E-state index contributed by atoms with van der Waals surface area (Å²) in [6, 6.07) is 10.7. The minimum Gasteiger partial charge on any atom is -0.495 e. The second-order valence-electron chi connectivity index (χ2n) is 6.08. The molecule has 3 aromatic rings. The molecule has 0 radical (unpaired) electrons. The molecule has 0 saturated heterocycles. The Morgan fingerprint density at radius 2 is 2.15 bits per heavy atom. The minimum absolute atomic E-state index is 0.0780. The molecular weight excluding hydrogens is 384 g/mol. The summed E-state index contributed by atoms with van der Waals surface area (Å²) in [6.07, 6.45) is 0. The van der Waals surface area contributed by atoms with Crippen molar-refractivity contribution in [1.82, 2.24) is 15.1 Å². The van der Waals surface area contributed by atoms with Crippen LogP contribution in [-0.4, -0.2) is 29.5 Å². The van der Waals surface area contributed by atoms with Crippen LogP contribution in [0.1, 0.15) is 22.3 Å². The number of anilines is 1. The van der Waals surface area contributed by atoms with E-state index in [1.807, 2.05) is 42.1 Å². The van der Waals surface area contributed by atoms with Crippen molar-refractivity contribution in [2.45, 2.75) is 19.9 Å². The molecule has 0 saturated carbocycles. The maximum Gasteiger partial charge on any atom is 0.319 e. The molecule has 3 rings (SSSR count). The third-order valence-electron chi connectivity index (χ3n) is 4.08. The zero-order valence-electron chi connectivity index (χ0n) is 15.3. The first-order chi connectivity index (χ1) is 13.0. The van der Waals surface area contributed by atoms with E-state index in [4.69, 9.17) is 16.3 Å². The van der Waals surface area contributed by atoms with Crippen LogP contribution in [0.15, 0.2) is 41.8 Å². The Kier molecular flexibility index (Phi) is 6.03. The Morgan fingerprint density at radius 3 is 2.78 bits per heavy atom. The van der Waals surface area contributed by atoms with Gasteiger partial charge in [-0.3, -0.25) is 4.68 Å². The Hall–Kier alpha value is -2.51. The molecule has 2 aromatic heterocycles. The number of hydrogen-bond donors (Lipinski definition) is 2. The van der Waals surface area contributed by atoms with Gasteiger partial charge in [-0.25, -0.2) is 4.79 Å². The van der Waals surface area contributed by atoms with E-state index in [0.29, 0.717) is 23.0 Å². The molecule has 0 fully saturated rings. The van der Waals surface area contributed by atoms with E-state index in [-0.39, 0.29) is 12.1 Å². The lowest BCUT2D eigenvalue weighted by molar-refractivity contribution is 0.250. The van der Waals surface area contributed by atoms with Gasteiger partial charge in [-0.15, -0.1) is 11.3 Å². The average molecular weight is 405 g/mol. The van der Waals surface area contributed by atoms with Crippen molar-refractivity contribution in [3.8, 4) is 5.75 Å². The van der Waals surface area contributed by atoms with E-state index in [1.165, 1.54) is 0 Å². The fourth-order valence-corrected chi connectivity index (χ4v) is 3.87. The quantitative estimate of drug-likeness (QED) is 0.629. The number of nitrogens with one attached hydrogen (secondary N) is 2. The predicted molar refractivity (Wildman–Crippen MR) is 109 cm³/mol. The Balaban J connectivity index is 1.73. The van der Waals surface area contributed by atoms with E-state index < -0.39 is 0 Å². The number of thiophene rings is 1. The lowest BCUT2D eigenvalue weighted by Crippen LogP contribution is -2.35. The number of carbonyl (C=O) groups excluding carboxylic acids is 1. The van der Waals surface area contributed by atoms with Gasteiger partial charge in [-0.05, 0) is 49.6 Å². The van der Waals surface area contributed by atoms with E-state index in [9.17, 15) is 4.79 Å². The number of aryl methyl sites for hydroxylation is 2. The summed E-state index contributed by atoms with van der Waals surface area (Å²) in [5.41, 5.74) is 2.51. The topological polar surface area (TPSA) is 68.2 Å². The normalized spacial score (nSPS) is 11.9. The van der Waals surface area contributed by atoms with Crippen LogP contribution in [0.2, 0.25) is 5.02 Å². The molecule has 0 aliphatic rings. The minimum atomic E-state index is -0.335. The largest absolute Gasteiger partial charge is 0.495 e. The van der Waals surface area contributed by atoms with Gasteiger partial charge in [-0.2, -0.15) is 5.10 Å². The van der Waals surface area contributed by atoms with Crippen molar-refractivity contribution in [3.05, 3.63) is 63.1 Å². The van der Waals surface area contributed by atoms with Crippen molar-refractivity contribution in [2.75, 3.05) is 19.0 Å². The summed E-state index contributed by atoms with van der Waals surface area (Å²) in [4.78, 5) is 13.6. The Labute approximate surface area is 167 Å².